The van der Waals surface area contributed by atoms with Crippen molar-refractivity contribution in [2.75, 3.05) is 6.61 Å². The minimum atomic E-state index is -0.344. The number of para-hydroxylation sites is 1. The Bertz CT molecular complexity index is 799. The Balaban J connectivity index is 1.96. The van der Waals surface area contributed by atoms with Crippen LogP contribution in [0, 0.1) is 0 Å². The average Bonchev–Trinajstić information content (AvgIpc) is 3.25. The third-order valence-corrected chi connectivity index (χ3v) is 4.36. The number of amides is 1. The summed E-state index contributed by atoms with van der Waals surface area (Å²) >= 11 is 1.54. The number of aliphatic hydroxyl groups excluding tert-OH is 1. The fourth-order valence-corrected chi connectivity index (χ4v) is 2.98. The molecule has 2 N–H and O–H groups in total. The Kier molecular flexibility index (Phi) is 5.02. The monoisotopic (exact) mass is 342 g/mol. The first-order valence-electron chi connectivity index (χ1n) is 7.67. The Morgan fingerprint density at radius 3 is 2.75 bits per heavy atom. The number of carbonyl (C=O) groups excluding carboxylic acids is 1. The first-order chi connectivity index (χ1) is 11.7. The summed E-state index contributed by atoms with van der Waals surface area (Å²) < 4.78 is 1.68. The van der Waals surface area contributed by atoms with E-state index in [0.717, 1.165) is 10.6 Å². The highest BCUT2D eigenvalue weighted by atomic mass is 32.1. The zero-order valence-electron chi connectivity index (χ0n) is 13.2. The Morgan fingerprint density at radius 1 is 1.29 bits per heavy atom. The van der Waals surface area contributed by atoms with E-state index >= 15 is 0 Å². The predicted molar refractivity (Wildman–Crippen MR) is 93.3 cm³/mol. The maximum Gasteiger partial charge on any atom is 0.291 e. The summed E-state index contributed by atoms with van der Waals surface area (Å²) in [5.74, 6) is 0.409. The lowest BCUT2D eigenvalue weighted by Gasteiger charge is -2.10. The number of aromatic nitrogens is 3. The van der Waals surface area contributed by atoms with Gasteiger partial charge in [-0.25, -0.2) is 9.67 Å². The topological polar surface area (TPSA) is 80.0 Å². The van der Waals surface area contributed by atoms with Gasteiger partial charge in [-0.1, -0.05) is 24.3 Å². The summed E-state index contributed by atoms with van der Waals surface area (Å²) in [6.45, 7) is 1.86. The molecule has 0 spiro atoms. The van der Waals surface area contributed by atoms with Crippen LogP contribution < -0.4 is 5.32 Å². The molecule has 0 aliphatic heterocycles. The van der Waals surface area contributed by atoms with Gasteiger partial charge < -0.3 is 10.4 Å². The maximum atomic E-state index is 12.4. The minimum Gasteiger partial charge on any atom is -0.396 e. The van der Waals surface area contributed by atoms with E-state index in [-0.39, 0.29) is 24.4 Å². The standard InChI is InChI=1S/C17H18N4O2S/c1-12(9-10-22)18-17(23)15-19-16(14-8-5-11-24-14)21(20-15)13-6-3-2-4-7-13/h2-8,11-12,22H,9-10H2,1H3,(H,18,23). The summed E-state index contributed by atoms with van der Waals surface area (Å²) in [5.41, 5.74) is 0.843. The normalized spacial score (nSPS) is 12.1. The average molecular weight is 342 g/mol. The van der Waals surface area contributed by atoms with Crippen molar-refractivity contribution in [3.63, 3.8) is 0 Å². The maximum absolute atomic E-state index is 12.4. The van der Waals surface area contributed by atoms with Crippen LogP contribution in [0.1, 0.15) is 24.0 Å². The molecule has 0 aliphatic rings. The molecule has 24 heavy (non-hydrogen) atoms. The highest BCUT2D eigenvalue weighted by Gasteiger charge is 2.20. The molecule has 0 fully saturated rings. The summed E-state index contributed by atoms with van der Waals surface area (Å²) in [4.78, 5) is 17.7. The van der Waals surface area contributed by atoms with Crippen molar-refractivity contribution in [2.45, 2.75) is 19.4 Å². The van der Waals surface area contributed by atoms with Crippen molar-refractivity contribution in [2.24, 2.45) is 0 Å². The molecule has 1 atom stereocenters. The van der Waals surface area contributed by atoms with Gasteiger partial charge in [0.05, 0.1) is 10.6 Å². The van der Waals surface area contributed by atoms with Crippen LogP contribution in [0.4, 0.5) is 0 Å². The third kappa shape index (κ3) is 3.52. The smallest absolute Gasteiger partial charge is 0.291 e. The molecule has 0 radical (unpaired) electrons. The van der Waals surface area contributed by atoms with Gasteiger partial charge in [0.15, 0.2) is 5.82 Å². The van der Waals surface area contributed by atoms with Crippen molar-refractivity contribution in [3.8, 4) is 16.4 Å². The quantitative estimate of drug-likeness (QED) is 0.721. The molecule has 3 rings (SSSR count). The van der Waals surface area contributed by atoms with E-state index in [0.29, 0.717) is 12.2 Å². The molecule has 3 aromatic rings. The summed E-state index contributed by atoms with van der Waals surface area (Å²) in [6.07, 6.45) is 0.489. The second-order valence-electron chi connectivity index (χ2n) is 5.37. The van der Waals surface area contributed by atoms with E-state index < -0.39 is 0 Å². The largest absolute Gasteiger partial charge is 0.396 e. The lowest BCUT2D eigenvalue weighted by atomic mass is 10.2. The number of nitrogens with zero attached hydrogens (tertiary/aromatic N) is 3. The Morgan fingerprint density at radius 2 is 2.08 bits per heavy atom. The van der Waals surface area contributed by atoms with Crippen molar-refractivity contribution >= 4 is 17.2 Å². The molecule has 1 aromatic carbocycles. The van der Waals surface area contributed by atoms with Gasteiger partial charge in [0.25, 0.3) is 5.91 Å². The van der Waals surface area contributed by atoms with E-state index in [9.17, 15) is 4.79 Å². The van der Waals surface area contributed by atoms with E-state index in [2.05, 4.69) is 15.4 Å². The van der Waals surface area contributed by atoms with Gasteiger partial charge >= 0.3 is 0 Å². The number of nitrogens with one attached hydrogen (secondary N) is 1. The number of carbonyl (C=O) groups is 1. The highest BCUT2D eigenvalue weighted by molar-refractivity contribution is 7.13. The number of aliphatic hydroxyl groups is 1. The summed E-state index contributed by atoms with van der Waals surface area (Å²) in [5, 5.41) is 18.1. The highest BCUT2D eigenvalue weighted by Crippen LogP contribution is 2.25. The molecule has 124 valence electrons. The molecule has 6 nitrogen and oxygen atoms in total. The second-order valence-corrected chi connectivity index (χ2v) is 6.32. The van der Waals surface area contributed by atoms with Crippen LogP contribution >= 0.6 is 11.3 Å². The van der Waals surface area contributed by atoms with Crippen LogP contribution in [0.5, 0.6) is 0 Å². The Labute approximate surface area is 143 Å². The number of hydrogen-bond donors (Lipinski definition) is 2. The minimum absolute atomic E-state index is 0.0216. The molecule has 0 saturated heterocycles. The van der Waals surface area contributed by atoms with Gasteiger partial charge in [0.2, 0.25) is 5.82 Å². The number of rotatable bonds is 6. The molecule has 1 unspecified atom stereocenters. The number of thiophene rings is 1. The molecule has 1 amide bonds. The van der Waals surface area contributed by atoms with Gasteiger partial charge in [-0.05, 0) is 36.9 Å². The predicted octanol–water partition coefficient (Wildman–Crippen LogP) is 2.50. The van der Waals surface area contributed by atoms with Gasteiger partial charge in [0.1, 0.15) is 0 Å². The second kappa shape index (κ2) is 7.37. The van der Waals surface area contributed by atoms with Crippen LogP contribution in [0.15, 0.2) is 47.8 Å². The van der Waals surface area contributed by atoms with Gasteiger partial charge in [-0.2, -0.15) is 0 Å². The zero-order chi connectivity index (χ0) is 16.9. The van der Waals surface area contributed by atoms with Crippen LogP contribution in [0.2, 0.25) is 0 Å². The van der Waals surface area contributed by atoms with Crippen LogP contribution in [-0.4, -0.2) is 38.4 Å². The van der Waals surface area contributed by atoms with Gasteiger partial charge in [-0.3, -0.25) is 4.79 Å². The van der Waals surface area contributed by atoms with Crippen molar-refractivity contribution in [1.29, 1.82) is 0 Å². The lowest BCUT2D eigenvalue weighted by molar-refractivity contribution is 0.0924. The van der Waals surface area contributed by atoms with E-state index in [1.165, 1.54) is 0 Å². The fraction of sp³-hybridized carbons (Fsp3) is 0.235. The zero-order valence-corrected chi connectivity index (χ0v) is 14.0. The van der Waals surface area contributed by atoms with Crippen LogP contribution in [-0.2, 0) is 0 Å². The van der Waals surface area contributed by atoms with Crippen molar-refractivity contribution in [1.82, 2.24) is 20.1 Å². The van der Waals surface area contributed by atoms with Gasteiger partial charge in [0, 0.05) is 12.6 Å². The van der Waals surface area contributed by atoms with E-state index in [1.807, 2.05) is 54.8 Å². The van der Waals surface area contributed by atoms with Gasteiger partial charge in [-0.15, -0.1) is 16.4 Å². The molecular formula is C17H18N4O2S. The lowest BCUT2D eigenvalue weighted by Crippen LogP contribution is -2.33. The number of hydrogen-bond acceptors (Lipinski definition) is 5. The molecule has 2 heterocycles. The summed E-state index contributed by atoms with van der Waals surface area (Å²) in [7, 11) is 0. The molecule has 0 saturated carbocycles. The molecule has 0 aliphatic carbocycles. The first kappa shape index (κ1) is 16.4. The van der Waals surface area contributed by atoms with E-state index in [4.69, 9.17) is 5.11 Å². The Hall–Kier alpha value is -2.51. The van der Waals surface area contributed by atoms with Crippen LogP contribution in [0.25, 0.3) is 16.4 Å². The number of benzene rings is 1. The molecule has 0 bridgehead atoms. The SMILES string of the molecule is CC(CCO)NC(=O)c1nc(-c2cccs2)n(-c2ccccc2)n1. The molecule has 7 heteroatoms. The van der Waals surface area contributed by atoms with Crippen molar-refractivity contribution < 1.29 is 9.90 Å². The molecule has 2 aromatic heterocycles. The van der Waals surface area contributed by atoms with E-state index in [1.54, 1.807) is 16.0 Å². The fourth-order valence-electron chi connectivity index (χ4n) is 2.28. The summed E-state index contributed by atoms with van der Waals surface area (Å²) in [6, 6.07) is 13.3. The van der Waals surface area contributed by atoms with Crippen LogP contribution in [0.3, 0.4) is 0 Å². The molecular weight excluding hydrogens is 324 g/mol. The third-order valence-electron chi connectivity index (χ3n) is 3.49. The first-order valence-corrected chi connectivity index (χ1v) is 8.55. The van der Waals surface area contributed by atoms with Crippen molar-refractivity contribution in [3.05, 3.63) is 53.7 Å².